The first-order chi connectivity index (χ1) is 9.87. The third-order valence-corrected chi connectivity index (χ3v) is 7.32. The lowest BCUT2D eigenvalue weighted by molar-refractivity contribution is 0.339. The fourth-order valence-electron chi connectivity index (χ4n) is 2.49. The Labute approximate surface area is 131 Å². The lowest BCUT2D eigenvalue weighted by atomic mass is 10.2. The highest BCUT2D eigenvalue weighted by atomic mass is 32.2. The summed E-state index contributed by atoms with van der Waals surface area (Å²) in [6.07, 6.45) is 0. The number of nitrogens with one attached hydrogen (secondary N) is 1. The summed E-state index contributed by atoms with van der Waals surface area (Å²) in [6, 6.07) is 1.66. The lowest BCUT2D eigenvalue weighted by Gasteiger charge is -2.36. The Morgan fingerprint density at radius 2 is 2.19 bits per heavy atom. The van der Waals surface area contributed by atoms with Crippen molar-refractivity contribution in [3.8, 4) is 0 Å². The molecule has 7 heteroatoms. The van der Waals surface area contributed by atoms with Gasteiger partial charge < -0.3 is 9.73 Å². The van der Waals surface area contributed by atoms with Gasteiger partial charge in [-0.1, -0.05) is 13.8 Å². The molecule has 0 aliphatic carbocycles. The minimum atomic E-state index is -3.48. The van der Waals surface area contributed by atoms with Crippen LogP contribution in [-0.4, -0.2) is 42.9 Å². The molecule has 0 radical (unpaired) electrons. The van der Waals surface area contributed by atoms with E-state index in [0.29, 0.717) is 34.8 Å². The number of rotatable bonds is 5. The zero-order valence-electron chi connectivity index (χ0n) is 13.0. The quantitative estimate of drug-likeness (QED) is 0.896. The van der Waals surface area contributed by atoms with Crippen molar-refractivity contribution in [1.29, 1.82) is 0 Å². The average molecular weight is 332 g/mol. The number of hydrogen-bond donors (Lipinski definition) is 1. The van der Waals surface area contributed by atoms with Crippen molar-refractivity contribution in [3.05, 3.63) is 17.6 Å². The highest BCUT2D eigenvalue weighted by Gasteiger charge is 2.36. The number of sulfonamides is 1. The number of aryl methyl sites for hydroxylation is 1. The zero-order valence-corrected chi connectivity index (χ0v) is 14.7. The molecule has 2 atom stereocenters. The van der Waals surface area contributed by atoms with Crippen LogP contribution in [-0.2, 0) is 16.6 Å². The predicted octanol–water partition coefficient (Wildman–Crippen LogP) is 2.21. The fourth-order valence-corrected chi connectivity index (χ4v) is 5.67. The highest BCUT2D eigenvalue weighted by Crippen LogP contribution is 2.31. The van der Waals surface area contributed by atoms with E-state index in [1.165, 1.54) is 0 Å². The van der Waals surface area contributed by atoms with Crippen molar-refractivity contribution in [2.45, 2.75) is 50.4 Å². The van der Waals surface area contributed by atoms with E-state index in [2.05, 4.69) is 12.2 Å². The molecular weight excluding hydrogens is 308 g/mol. The van der Waals surface area contributed by atoms with Crippen LogP contribution < -0.4 is 5.32 Å². The van der Waals surface area contributed by atoms with E-state index >= 15 is 0 Å². The third-order valence-electron chi connectivity index (χ3n) is 3.89. The summed E-state index contributed by atoms with van der Waals surface area (Å²) < 4.78 is 33.0. The summed E-state index contributed by atoms with van der Waals surface area (Å²) in [5.41, 5.74) is 0. The average Bonchev–Trinajstić information content (AvgIpc) is 2.81. The van der Waals surface area contributed by atoms with Crippen LogP contribution in [0.4, 0.5) is 0 Å². The van der Waals surface area contributed by atoms with Crippen LogP contribution in [0.5, 0.6) is 0 Å². The molecule has 2 unspecified atom stereocenters. The maximum atomic E-state index is 12.9. The van der Waals surface area contributed by atoms with Gasteiger partial charge in [-0.15, -0.1) is 0 Å². The normalized spacial score (nSPS) is 24.4. The van der Waals surface area contributed by atoms with E-state index in [0.717, 1.165) is 12.3 Å². The van der Waals surface area contributed by atoms with Crippen LogP contribution in [0.3, 0.4) is 0 Å². The van der Waals surface area contributed by atoms with Gasteiger partial charge in [-0.05, 0) is 20.4 Å². The van der Waals surface area contributed by atoms with Crippen LogP contribution in [0.1, 0.15) is 32.3 Å². The second kappa shape index (κ2) is 6.73. The second-order valence-electron chi connectivity index (χ2n) is 5.35. The summed E-state index contributed by atoms with van der Waals surface area (Å²) in [7, 11) is -3.48. The number of nitrogens with zero attached hydrogens (tertiary/aromatic N) is 1. The van der Waals surface area contributed by atoms with Crippen LogP contribution in [0, 0.1) is 6.92 Å². The van der Waals surface area contributed by atoms with Crippen LogP contribution in [0.15, 0.2) is 15.4 Å². The molecule has 21 heavy (non-hydrogen) atoms. The largest absolute Gasteiger partial charge is 0.464 e. The van der Waals surface area contributed by atoms with Crippen LogP contribution >= 0.6 is 11.8 Å². The smallest absolute Gasteiger partial charge is 0.246 e. The van der Waals surface area contributed by atoms with Gasteiger partial charge in [-0.3, -0.25) is 0 Å². The number of furan rings is 1. The molecule has 0 bridgehead atoms. The monoisotopic (exact) mass is 332 g/mol. The predicted molar refractivity (Wildman–Crippen MR) is 86.1 cm³/mol. The van der Waals surface area contributed by atoms with E-state index < -0.39 is 10.0 Å². The molecule has 0 spiro atoms. The fraction of sp³-hybridized carbons (Fsp3) is 0.714. The zero-order chi connectivity index (χ0) is 15.6. The van der Waals surface area contributed by atoms with Crippen molar-refractivity contribution < 1.29 is 12.8 Å². The summed E-state index contributed by atoms with van der Waals surface area (Å²) in [4.78, 5) is 0.307. The molecule has 1 N–H and O–H groups in total. The van der Waals surface area contributed by atoms with Gasteiger partial charge in [0.15, 0.2) is 0 Å². The molecular formula is C14H24N2O3S2. The first-order valence-electron chi connectivity index (χ1n) is 7.31. The Kier molecular flexibility index (Phi) is 5.40. The van der Waals surface area contributed by atoms with Gasteiger partial charge in [0.25, 0.3) is 0 Å². The van der Waals surface area contributed by atoms with Crippen molar-refractivity contribution in [2.24, 2.45) is 0 Å². The van der Waals surface area contributed by atoms with Gasteiger partial charge in [-0.2, -0.15) is 16.1 Å². The molecule has 1 fully saturated rings. The van der Waals surface area contributed by atoms with Gasteiger partial charge in [-0.25, -0.2) is 8.42 Å². The van der Waals surface area contributed by atoms with Gasteiger partial charge in [0.2, 0.25) is 10.0 Å². The van der Waals surface area contributed by atoms with E-state index in [-0.39, 0.29) is 6.04 Å². The third kappa shape index (κ3) is 3.47. The summed E-state index contributed by atoms with van der Waals surface area (Å²) in [5, 5.41) is 3.45. The Morgan fingerprint density at radius 1 is 1.48 bits per heavy atom. The maximum absolute atomic E-state index is 12.9. The minimum absolute atomic E-state index is 0.000247. The minimum Gasteiger partial charge on any atom is -0.464 e. The SMILES string of the molecule is CCNCc1cc(S(=O)(=O)N2CCSC(C)C2C)c(C)o1. The number of thioether (sulfide) groups is 1. The van der Waals surface area contributed by atoms with E-state index in [1.807, 2.05) is 25.6 Å². The molecule has 0 saturated carbocycles. The first kappa shape index (κ1) is 16.9. The van der Waals surface area contributed by atoms with E-state index in [4.69, 9.17) is 4.42 Å². The molecule has 5 nitrogen and oxygen atoms in total. The molecule has 2 heterocycles. The lowest BCUT2D eigenvalue weighted by Crippen LogP contribution is -2.47. The van der Waals surface area contributed by atoms with Crippen molar-refractivity contribution in [1.82, 2.24) is 9.62 Å². The van der Waals surface area contributed by atoms with E-state index in [1.54, 1.807) is 17.3 Å². The van der Waals surface area contributed by atoms with Gasteiger partial charge in [0.05, 0.1) is 6.54 Å². The van der Waals surface area contributed by atoms with Crippen LogP contribution in [0.25, 0.3) is 0 Å². The molecule has 1 aromatic heterocycles. The molecule has 0 aromatic carbocycles. The van der Waals surface area contributed by atoms with Crippen molar-refractivity contribution in [3.63, 3.8) is 0 Å². The summed E-state index contributed by atoms with van der Waals surface area (Å²) in [5.74, 6) is 1.98. The topological polar surface area (TPSA) is 62.6 Å². The Bertz CT molecular complexity index is 583. The molecule has 0 amide bonds. The van der Waals surface area contributed by atoms with Gasteiger partial charge in [0, 0.05) is 29.7 Å². The Balaban J connectivity index is 2.28. The Morgan fingerprint density at radius 3 is 2.86 bits per heavy atom. The highest BCUT2D eigenvalue weighted by molar-refractivity contribution is 8.00. The molecule has 120 valence electrons. The van der Waals surface area contributed by atoms with Crippen molar-refractivity contribution in [2.75, 3.05) is 18.8 Å². The van der Waals surface area contributed by atoms with Gasteiger partial charge in [0.1, 0.15) is 16.4 Å². The summed E-state index contributed by atoms with van der Waals surface area (Å²) >= 11 is 1.82. The Hall–Kier alpha value is -0.500. The molecule has 1 saturated heterocycles. The second-order valence-corrected chi connectivity index (χ2v) is 8.69. The van der Waals surface area contributed by atoms with Gasteiger partial charge >= 0.3 is 0 Å². The standard InChI is InChI=1S/C14H24N2O3S2/c1-5-15-9-13-8-14(11(3)19-13)21(17,18)16-6-7-20-12(4)10(16)2/h8,10,12,15H,5-7,9H2,1-4H3. The van der Waals surface area contributed by atoms with E-state index in [9.17, 15) is 8.42 Å². The molecule has 1 aliphatic heterocycles. The number of hydrogen-bond acceptors (Lipinski definition) is 5. The van der Waals surface area contributed by atoms with Crippen molar-refractivity contribution >= 4 is 21.8 Å². The maximum Gasteiger partial charge on any atom is 0.246 e. The molecule has 1 aliphatic rings. The molecule has 1 aromatic rings. The molecule has 2 rings (SSSR count). The summed E-state index contributed by atoms with van der Waals surface area (Å²) in [6.45, 7) is 9.70. The first-order valence-corrected chi connectivity index (χ1v) is 9.80. The van der Waals surface area contributed by atoms with Crippen LogP contribution in [0.2, 0.25) is 0 Å².